The van der Waals surface area contributed by atoms with Gasteiger partial charge in [0.15, 0.2) is 0 Å². The van der Waals surface area contributed by atoms with Crippen LogP contribution in [0.25, 0.3) is 0 Å². The van der Waals surface area contributed by atoms with Crippen molar-refractivity contribution in [2.75, 3.05) is 20.7 Å². The summed E-state index contributed by atoms with van der Waals surface area (Å²) in [5.74, 6) is -0.971. The molecule has 0 bridgehead atoms. The van der Waals surface area contributed by atoms with Gasteiger partial charge in [-0.2, -0.15) is 0 Å². The van der Waals surface area contributed by atoms with Gasteiger partial charge in [0.1, 0.15) is 11.4 Å². The summed E-state index contributed by atoms with van der Waals surface area (Å²) in [7, 11) is 4.58. The van der Waals surface area contributed by atoms with E-state index in [1.807, 2.05) is 0 Å². The van der Waals surface area contributed by atoms with Gasteiger partial charge in [-0.3, -0.25) is 14.3 Å². The van der Waals surface area contributed by atoms with Gasteiger partial charge in [0, 0.05) is 32.4 Å². The van der Waals surface area contributed by atoms with Gasteiger partial charge >= 0.3 is 0 Å². The Morgan fingerprint density at radius 3 is 2.75 bits per heavy atom. The Kier molecular flexibility index (Phi) is 5.51. The number of carbonyl (C=O) groups excluding carboxylic acids is 2. The largest absolute Gasteiger partial charge is 0.479 e. The summed E-state index contributed by atoms with van der Waals surface area (Å²) in [6, 6.07) is 6.18. The Bertz CT molecular complexity index is 745. The Hall–Kier alpha value is -2.90. The number of hydrogen-bond acceptors (Lipinski definition) is 4. The molecule has 1 aromatic carbocycles. The fraction of sp³-hybridized carbons (Fsp3) is 0.312. The zero-order valence-corrected chi connectivity index (χ0v) is 13.7. The number of aromatic nitrogens is 2. The Morgan fingerprint density at radius 2 is 2.08 bits per heavy atom. The van der Waals surface area contributed by atoms with Gasteiger partial charge in [0.05, 0.1) is 13.7 Å². The highest BCUT2D eigenvalue weighted by atomic mass is 19.1. The normalized spacial score (nSPS) is 10.3. The molecule has 2 amide bonds. The Morgan fingerprint density at radius 1 is 1.38 bits per heavy atom. The van der Waals surface area contributed by atoms with Crippen LogP contribution in [0.3, 0.4) is 0 Å². The van der Waals surface area contributed by atoms with Crippen LogP contribution in [0.4, 0.5) is 4.39 Å². The van der Waals surface area contributed by atoms with Gasteiger partial charge in [-0.25, -0.2) is 4.39 Å². The number of rotatable bonds is 6. The van der Waals surface area contributed by atoms with Crippen LogP contribution in [0.2, 0.25) is 0 Å². The molecule has 8 heteroatoms. The Labute approximate surface area is 139 Å². The number of amides is 2. The molecule has 0 unspecified atom stereocenters. The van der Waals surface area contributed by atoms with Crippen molar-refractivity contribution < 1.29 is 18.7 Å². The van der Waals surface area contributed by atoms with E-state index in [2.05, 4.69) is 10.4 Å². The van der Waals surface area contributed by atoms with Crippen LogP contribution < -0.4 is 10.1 Å². The molecule has 128 valence electrons. The molecule has 0 atom stereocenters. The number of nitrogens with one attached hydrogen (secondary N) is 1. The maximum Gasteiger partial charge on any atom is 0.261 e. The molecule has 0 saturated carbocycles. The van der Waals surface area contributed by atoms with Crippen molar-refractivity contribution in [1.29, 1.82) is 0 Å². The van der Waals surface area contributed by atoms with Gasteiger partial charge in [0.2, 0.25) is 11.8 Å². The third-order valence-corrected chi connectivity index (χ3v) is 3.38. The summed E-state index contributed by atoms with van der Waals surface area (Å²) in [5, 5.41) is 6.59. The van der Waals surface area contributed by atoms with Crippen molar-refractivity contribution in [2.24, 2.45) is 7.05 Å². The predicted molar refractivity (Wildman–Crippen MR) is 85.0 cm³/mol. The van der Waals surface area contributed by atoms with Crippen LogP contribution in [0.15, 0.2) is 30.5 Å². The van der Waals surface area contributed by atoms with E-state index in [-0.39, 0.29) is 36.3 Å². The first-order valence-electron chi connectivity index (χ1n) is 7.25. The third-order valence-electron chi connectivity index (χ3n) is 3.38. The number of nitrogens with zero attached hydrogens (tertiary/aromatic N) is 3. The molecule has 1 N–H and O–H groups in total. The highest BCUT2D eigenvalue weighted by Crippen LogP contribution is 2.16. The summed E-state index contributed by atoms with van der Waals surface area (Å²) >= 11 is 0. The molecule has 24 heavy (non-hydrogen) atoms. The smallest absolute Gasteiger partial charge is 0.261 e. The number of carbonyl (C=O) groups is 2. The average Bonchev–Trinajstić information content (AvgIpc) is 2.94. The summed E-state index contributed by atoms with van der Waals surface area (Å²) in [5.41, 5.74) is 0.651. The van der Waals surface area contributed by atoms with Gasteiger partial charge in [-0.1, -0.05) is 18.2 Å². The highest BCUT2D eigenvalue weighted by molar-refractivity contribution is 5.98. The van der Waals surface area contributed by atoms with Crippen LogP contribution in [0.5, 0.6) is 5.88 Å². The minimum atomic E-state index is -0.392. The molecule has 1 heterocycles. The van der Waals surface area contributed by atoms with Crippen LogP contribution in [0.1, 0.15) is 15.9 Å². The molecule has 0 radical (unpaired) electrons. The fourth-order valence-electron chi connectivity index (χ4n) is 2.15. The molecule has 0 spiro atoms. The van der Waals surface area contributed by atoms with Crippen molar-refractivity contribution in [1.82, 2.24) is 20.0 Å². The van der Waals surface area contributed by atoms with E-state index in [0.29, 0.717) is 5.56 Å². The van der Waals surface area contributed by atoms with E-state index in [1.165, 1.54) is 36.0 Å². The second kappa shape index (κ2) is 7.58. The van der Waals surface area contributed by atoms with E-state index in [1.54, 1.807) is 25.2 Å². The molecule has 0 aliphatic carbocycles. The molecular formula is C16H19FN4O3. The van der Waals surface area contributed by atoms with Crippen molar-refractivity contribution in [2.45, 2.75) is 6.54 Å². The molecule has 0 saturated heterocycles. The lowest BCUT2D eigenvalue weighted by molar-refractivity contribution is -0.121. The molecule has 0 aliphatic rings. The first kappa shape index (κ1) is 17.5. The zero-order valence-electron chi connectivity index (χ0n) is 13.7. The van der Waals surface area contributed by atoms with Crippen molar-refractivity contribution in [3.8, 4) is 5.88 Å². The van der Waals surface area contributed by atoms with E-state index in [0.717, 1.165) is 0 Å². The topological polar surface area (TPSA) is 76.5 Å². The lowest BCUT2D eigenvalue weighted by atomic mass is 10.2. The first-order chi connectivity index (χ1) is 11.4. The summed E-state index contributed by atoms with van der Waals surface area (Å²) in [6.45, 7) is -0.102. The standard InChI is InChI=1S/C16H19FN4O3/c1-20(16(23)12-9-21(2)19-15(12)24-3)10-14(22)18-8-11-6-4-5-7-13(11)17/h4-7,9H,8,10H2,1-3H3,(H,18,22). The number of hydrogen-bond donors (Lipinski definition) is 1. The van der Waals surface area contributed by atoms with E-state index < -0.39 is 5.91 Å². The molecule has 2 rings (SSSR count). The molecular weight excluding hydrogens is 315 g/mol. The van der Waals surface area contributed by atoms with Crippen molar-refractivity contribution in [3.63, 3.8) is 0 Å². The number of benzene rings is 1. The average molecular weight is 334 g/mol. The lowest BCUT2D eigenvalue weighted by Gasteiger charge is -2.16. The molecule has 7 nitrogen and oxygen atoms in total. The zero-order chi connectivity index (χ0) is 17.7. The van der Waals surface area contributed by atoms with Crippen LogP contribution in [-0.4, -0.2) is 47.2 Å². The van der Waals surface area contributed by atoms with E-state index >= 15 is 0 Å². The molecule has 0 aliphatic heterocycles. The minimum absolute atomic E-state index is 0.0593. The van der Waals surface area contributed by atoms with Gasteiger partial charge in [0.25, 0.3) is 5.91 Å². The highest BCUT2D eigenvalue weighted by Gasteiger charge is 2.21. The summed E-state index contributed by atoms with van der Waals surface area (Å²) < 4.78 is 20.0. The first-order valence-corrected chi connectivity index (χ1v) is 7.25. The lowest BCUT2D eigenvalue weighted by Crippen LogP contribution is -2.38. The Balaban J connectivity index is 1.93. The predicted octanol–water partition coefficient (Wildman–Crippen LogP) is 0.956. The maximum atomic E-state index is 13.5. The van der Waals surface area contributed by atoms with Gasteiger partial charge in [-0.05, 0) is 6.07 Å². The van der Waals surface area contributed by atoms with Crippen LogP contribution in [-0.2, 0) is 18.4 Å². The van der Waals surface area contributed by atoms with Crippen LogP contribution in [0, 0.1) is 5.82 Å². The van der Waals surface area contributed by atoms with Gasteiger partial charge < -0.3 is 15.0 Å². The molecule has 0 fully saturated rings. The number of ether oxygens (including phenoxy) is 1. The van der Waals surface area contributed by atoms with E-state index in [4.69, 9.17) is 4.74 Å². The summed E-state index contributed by atoms with van der Waals surface area (Å²) in [6.07, 6.45) is 1.52. The SMILES string of the molecule is COc1nn(C)cc1C(=O)N(C)CC(=O)NCc1ccccc1F. The maximum absolute atomic E-state index is 13.5. The fourth-order valence-corrected chi connectivity index (χ4v) is 2.15. The molecule has 2 aromatic rings. The summed E-state index contributed by atoms with van der Waals surface area (Å²) in [4.78, 5) is 25.6. The number of aryl methyl sites for hydroxylation is 1. The van der Waals surface area contributed by atoms with Gasteiger partial charge in [-0.15, -0.1) is 5.10 Å². The van der Waals surface area contributed by atoms with Crippen molar-refractivity contribution in [3.05, 3.63) is 47.4 Å². The van der Waals surface area contributed by atoms with Crippen molar-refractivity contribution >= 4 is 11.8 Å². The number of halogens is 1. The van der Waals surface area contributed by atoms with E-state index in [9.17, 15) is 14.0 Å². The third kappa shape index (κ3) is 4.09. The minimum Gasteiger partial charge on any atom is -0.479 e. The number of likely N-dealkylation sites (N-methyl/N-ethyl adjacent to an activating group) is 1. The number of methoxy groups -OCH3 is 1. The van der Waals surface area contributed by atoms with Crippen LogP contribution >= 0.6 is 0 Å². The molecule has 1 aromatic heterocycles. The quantitative estimate of drug-likeness (QED) is 0.853. The second-order valence-corrected chi connectivity index (χ2v) is 5.26. The monoisotopic (exact) mass is 334 g/mol. The second-order valence-electron chi connectivity index (χ2n) is 5.26.